The van der Waals surface area contributed by atoms with Crippen LogP contribution in [0.25, 0.3) is 0 Å². The summed E-state index contributed by atoms with van der Waals surface area (Å²) in [6.07, 6.45) is -0.814. The van der Waals surface area contributed by atoms with Gasteiger partial charge in [0, 0.05) is 27.8 Å². The van der Waals surface area contributed by atoms with Gasteiger partial charge in [-0.15, -0.1) is 0 Å². The van der Waals surface area contributed by atoms with E-state index in [9.17, 15) is 9.59 Å². The Balaban J connectivity index is 1.60. The molecule has 1 aromatic rings. The fourth-order valence-electron chi connectivity index (χ4n) is 3.24. The zero-order valence-corrected chi connectivity index (χ0v) is 11.5. The van der Waals surface area contributed by atoms with Crippen molar-refractivity contribution in [2.75, 3.05) is 6.61 Å². The van der Waals surface area contributed by atoms with E-state index < -0.39 is 6.29 Å². The minimum atomic E-state index is -0.728. The maximum absolute atomic E-state index is 12.4. The van der Waals surface area contributed by atoms with Crippen molar-refractivity contribution in [1.82, 2.24) is 0 Å². The van der Waals surface area contributed by atoms with Crippen LogP contribution >= 0.6 is 15.9 Å². The molecule has 0 spiro atoms. The first-order valence-corrected chi connectivity index (χ1v) is 7.06. The van der Waals surface area contributed by atoms with E-state index in [4.69, 9.17) is 9.47 Å². The Morgan fingerprint density at radius 2 is 2.00 bits per heavy atom. The molecule has 2 saturated heterocycles. The van der Waals surface area contributed by atoms with E-state index in [2.05, 4.69) is 15.9 Å². The van der Waals surface area contributed by atoms with E-state index in [1.165, 1.54) is 0 Å². The monoisotopic (exact) mass is 322 g/mol. The topological polar surface area (TPSA) is 52.6 Å². The van der Waals surface area contributed by atoms with Gasteiger partial charge in [0.2, 0.25) is 6.29 Å². The minimum absolute atomic E-state index is 0.0161. The second kappa shape index (κ2) is 3.98. The number of hydrogen-bond donors (Lipinski definition) is 0. The zero-order chi connectivity index (χ0) is 13.1. The molecule has 2 aliphatic heterocycles. The van der Waals surface area contributed by atoms with E-state index in [1.54, 1.807) is 12.1 Å². The number of fused-ring (bicyclic) bond motifs is 4. The highest BCUT2D eigenvalue weighted by atomic mass is 79.9. The minimum Gasteiger partial charge on any atom is -0.343 e. The Morgan fingerprint density at radius 3 is 2.74 bits per heavy atom. The molecule has 4 rings (SSSR count). The lowest BCUT2D eigenvalue weighted by molar-refractivity contribution is -0.153. The Kier molecular flexibility index (Phi) is 2.46. The standard InChI is InChI=1S/C14H11BrO4/c15-7-3-1-6(2-4-7)12(16)10-9-8-5-18-14(19-8)13(17)11(9)10/h1-4,8-11,14H,5H2/t8-,9-,10+,11-,14+/m0/s1. The smallest absolute Gasteiger partial charge is 0.218 e. The number of carbonyl (C=O) groups excluding carboxylic acids is 2. The van der Waals surface area contributed by atoms with Crippen LogP contribution in [0.15, 0.2) is 28.7 Å². The van der Waals surface area contributed by atoms with Crippen molar-refractivity contribution in [1.29, 1.82) is 0 Å². The summed E-state index contributed by atoms with van der Waals surface area (Å²) in [7, 11) is 0. The van der Waals surface area contributed by atoms with Gasteiger partial charge in [-0.05, 0) is 12.1 Å². The average molecular weight is 323 g/mol. The summed E-state index contributed by atoms with van der Waals surface area (Å²) < 4.78 is 11.7. The van der Waals surface area contributed by atoms with Gasteiger partial charge in [0.05, 0.1) is 12.7 Å². The molecule has 98 valence electrons. The second-order valence-electron chi connectivity index (χ2n) is 5.24. The molecule has 0 amide bonds. The molecule has 0 N–H and O–H groups in total. The first kappa shape index (κ1) is 11.8. The number of ketones is 2. The van der Waals surface area contributed by atoms with Gasteiger partial charge in [-0.25, -0.2) is 0 Å². The quantitative estimate of drug-likeness (QED) is 0.779. The molecular formula is C14H11BrO4. The first-order valence-electron chi connectivity index (χ1n) is 6.27. The summed E-state index contributed by atoms with van der Waals surface area (Å²) in [5.41, 5.74) is 0.659. The van der Waals surface area contributed by atoms with Crippen molar-refractivity contribution in [3.63, 3.8) is 0 Å². The summed E-state index contributed by atoms with van der Waals surface area (Å²) in [4.78, 5) is 24.5. The SMILES string of the molecule is O=C1[C@@H]2OC[C@H](O2)[C@@H]2[C@H]1[C@@H]2C(=O)c1ccc(Br)cc1. The van der Waals surface area contributed by atoms with Crippen molar-refractivity contribution < 1.29 is 19.1 Å². The van der Waals surface area contributed by atoms with Crippen LogP contribution in [0.2, 0.25) is 0 Å². The maximum Gasteiger partial charge on any atom is 0.218 e. The molecular weight excluding hydrogens is 312 g/mol. The summed E-state index contributed by atoms with van der Waals surface area (Å²) in [6, 6.07) is 7.26. The first-order chi connectivity index (χ1) is 9.16. The number of benzene rings is 1. The van der Waals surface area contributed by atoms with Crippen molar-refractivity contribution in [3.8, 4) is 0 Å². The number of halogens is 1. The third-order valence-electron chi connectivity index (χ3n) is 4.21. The Hall–Kier alpha value is -1.04. The largest absolute Gasteiger partial charge is 0.343 e. The van der Waals surface area contributed by atoms with Gasteiger partial charge < -0.3 is 9.47 Å². The van der Waals surface area contributed by atoms with Gasteiger partial charge >= 0.3 is 0 Å². The van der Waals surface area contributed by atoms with Gasteiger partial charge in [-0.1, -0.05) is 28.1 Å². The van der Waals surface area contributed by atoms with Crippen LogP contribution in [0.1, 0.15) is 10.4 Å². The van der Waals surface area contributed by atoms with Crippen LogP contribution in [-0.4, -0.2) is 30.6 Å². The van der Waals surface area contributed by atoms with E-state index >= 15 is 0 Å². The van der Waals surface area contributed by atoms with Crippen LogP contribution in [0.5, 0.6) is 0 Å². The fraction of sp³-hybridized carbons (Fsp3) is 0.429. The molecule has 0 aromatic heterocycles. The van der Waals surface area contributed by atoms with Crippen LogP contribution in [0, 0.1) is 17.8 Å². The average Bonchev–Trinajstić information content (AvgIpc) is 3.02. The normalized spacial score (nSPS) is 39.0. The highest BCUT2D eigenvalue weighted by Gasteiger charge is 2.68. The van der Waals surface area contributed by atoms with Crippen molar-refractivity contribution >= 4 is 27.5 Å². The molecule has 3 fully saturated rings. The van der Waals surface area contributed by atoms with Crippen molar-refractivity contribution in [3.05, 3.63) is 34.3 Å². The Bertz CT molecular complexity index is 567. The van der Waals surface area contributed by atoms with Gasteiger partial charge in [-0.3, -0.25) is 9.59 Å². The lowest BCUT2D eigenvalue weighted by Crippen LogP contribution is -2.30. The molecule has 2 bridgehead atoms. The zero-order valence-electron chi connectivity index (χ0n) is 9.91. The van der Waals surface area contributed by atoms with E-state index in [1.807, 2.05) is 12.1 Å². The molecule has 1 saturated carbocycles. The highest BCUT2D eigenvalue weighted by Crippen LogP contribution is 2.57. The second-order valence-corrected chi connectivity index (χ2v) is 6.16. The lowest BCUT2D eigenvalue weighted by Gasteiger charge is -2.14. The van der Waals surface area contributed by atoms with Crippen LogP contribution in [-0.2, 0) is 14.3 Å². The summed E-state index contributed by atoms with van der Waals surface area (Å²) in [5.74, 6) is -0.404. The Morgan fingerprint density at radius 1 is 1.26 bits per heavy atom. The summed E-state index contributed by atoms with van der Waals surface area (Å²) in [6.45, 7) is 0.432. The molecule has 0 radical (unpaired) electrons. The molecule has 3 aliphatic rings. The highest BCUT2D eigenvalue weighted by molar-refractivity contribution is 9.10. The third-order valence-corrected chi connectivity index (χ3v) is 4.74. The van der Waals surface area contributed by atoms with Gasteiger partial charge in [-0.2, -0.15) is 0 Å². The van der Waals surface area contributed by atoms with Crippen molar-refractivity contribution in [2.45, 2.75) is 12.4 Å². The van der Waals surface area contributed by atoms with Crippen LogP contribution in [0.3, 0.4) is 0 Å². The molecule has 19 heavy (non-hydrogen) atoms. The van der Waals surface area contributed by atoms with Crippen LogP contribution < -0.4 is 0 Å². The number of hydrogen-bond acceptors (Lipinski definition) is 4. The predicted molar refractivity (Wildman–Crippen MR) is 68.6 cm³/mol. The predicted octanol–water partition coefficient (Wildman–Crippen LogP) is 1.82. The van der Waals surface area contributed by atoms with E-state index in [0.29, 0.717) is 12.2 Å². The number of carbonyl (C=O) groups is 2. The molecule has 1 aliphatic carbocycles. The molecule has 5 atom stereocenters. The van der Waals surface area contributed by atoms with Crippen molar-refractivity contribution in [2.24, 2.45) is 17.8 Å². The fourth-order valence-corrected chi connectivity index (χ4v) is 3.50. The van der Waals surface area contributed by atoms with Gasteiger partial charge in [0.25, 0.3) is 0 Å². The molecule has 1 aromatic carbocycles. The number of Topliss-reactive ketones (excluding diaryl/α,β-unsaturated/α-hetero) is 2. The summed E-state index contributed by atoms with van der Waals surface area (Å²) in [5, 5.41) is 0. The van der Waals surface area contributed by atoms with E-state index in [-0.39, 0.29) is 35.4 Å². The third kappa shape index (κ3) is 1.65. The molecule has 2 heterocycles. The van der Waals surface area contributed by atoms with Gasteiger partial charge in [0.1, 0.15) is 0 Å². The number of rotatable bonds is 2. The van der Waals surface area contributed by atoms with Gasteiger partial charge in [0.15, 0.2) is 11.6 Å². The van der Waals surface area contributed by atoms with E-state index in [0.717, 1.165) is 4.47 Å². The van der Waals surface area contributed by atoms with Crippen LogP contribution in [0.4, 0.5) is 0 Å². The Labute approximate surface area is 118 Å². The number of ether oxygens (including phenoxy) is 2. The molecule has 4 nitrogen and oxygen atoms in total. The lowest BCUT2D eigenvalue weighted by atomic mass is 10.0. The molecule has 5 heteroatoms. The molecule has 0 unspecified atom stereocenters. The maximum atomic E-state index is 12.4. The summed E-state index contributed by atoms with van der Waals surface area (Å²) >= 11 is 3.34.